The van der Waals surface area contributed by atoms with Crippen molar-refractivity contribution in [2.75, 3.05) is 6.54 Å². The van der Waals surface area contributed by atoms with E-state index in [-0.39, 0.29) is 0 Å². The Hall–Kier alpha value is -0.0400. The Bertz CT molecular complexity index is 68.5. The van der Waals surface area contributed by atoms with Gasteiger partial charge >= 0.3 is 0 Å². The molecule has 0 bridgehead atoms. The van der Waals surface area contributed by atoms with Gasteiger partial charge in [-0.05, 0) is 26.7 Å². The topological polar surface area (TPSA) is 14.1 Å². The molecule has 0 N–H and O–H groups in total. The summed E-state index contributed by atoms with van der Waals surface area (Å²) in [5.41, 5.74) is 0.304. The van der Waals surface area contributed by atoms with E-state index < -0.39 is 0 Å². The molecule has 0 aromatic carbocycles. The van der Waals surface area contributed by atoms with E-state index in [0.717, 1.165) is 6.54 Å². The lowest BCUT2D eigenvalue weighted by molar-refractivity contribution is 0.296. The molecule has 1 radical (unpaired) electrons. The highest BCUT2D eigenvalue weighted by molar-refractivity contribution is 4.80. The van der Waals surface area contributed by atoms with Crippen LogP contribution in [0, 0.1) is 0 Å². The highest BCUT2D eigenvalue weighted by atomic mass is 15.0. The van der Waals surface area contributed by atoms with Crippen molar-refractivity contribution in [2.45, 2.75) is 38.6 Å². The third-order valence-electron chi connectivity index (χ3n) is 1.74. The van der Waals surface area contributed by atoms with Crippen LogP contribution in [0.2, 0.25) is 0 Å². The molecule has 0 spiro atoms. The molecule has 1 fully saturated rings. The first kappa shape index (κ1) is 6.09. The van der Waals surface area contributed by atoms with Crippen LogP contribution in [0.1, 0.15) is 33.1 Å². The van der Waals surface area contributed by atoms with E-state index in [1.165, 1.54) is 19.3 Å². The average Bonchev–Trinajstić information content (AvgIpc) is 1.65. The van der Waals surface area contributed by atoms with Crippen molar-refractivity contribution in [3.63, 3.8) is 0 Å². The predicted octanol–water partition coefficient (Wildman–Crippen LogP) is 1.55. The van der Waals surface area contributed by atoms with Gasteiger partial charge in [0.05, 0.1) is 0 Å². The van der Waals surface area contributed by atoms with Gasteiger partial charge in [0.2, 0.25) is 0 Å². The minimum absolute atomic E-state index is 0.304. The van der Waals surface area contributed by atoms with Crippen LogP contribution in [0.15, 0.2) is 0 Å². The zero-order valence-electron chi connectivity index (χ0n) is 5.78. The van der Waals surface area contributed by atoms with Crippen LogP contribution in [0.3, 0.4) is 0 Å². The number of piperidine rings is 1. The molecule has 1 rings (SSSR count). The second-order valence-electron chi connectivity index (χ2n) is 3.15. The first-order chi connectivity index (χ1) is 3.71. The van der Waals surface area contributed by atoms with Crippen molar-refractivity contribution in [1.82, 2.24) is 5.32 Å². The van der Waals surface area contributed by atoms with Gasteiger partial charge in [0.15, 0.2) is 0 Å². The largest absolute Gasteiger partial charge is 0.236 e. The Morgan fingerprint density at radius 3 is 2.25 bits per heavy atom. The van der Waals surface area contributed by atoms with E-state index in [9.17, 15) is 0 Å². The summed E-state index contributed by atoms with van der Waals surface area (Å²) in [6.45, 7) is 5.52. The molecular formula is C7H14N. The van der Waals surface area contributed by atoms with E-state index in [1.54, 1.807) is 0 Å². The molecule has 1 aliphatic heterocycles. The Balaban J connectivity index is 2.33. The minimum Gasteiger partial charge on any atom is -0.236 e. The van der Waals surface area contributed by atoms with Crippen LogP contribution < -0.4 is 5.32 Å². The smallest absolute Gasteiger partial charge is 0.0300 e. The molecule has 0 saturated carbocycles. The summed E-state index contributed by atoms with van der Waals surface area (Å²) in [5, 5.41) is 4.46. The van der Waals surface area contributed by atoms with Crippen molar-refractivity contribution in [3.8, 4) is 0 Å². The molecule has 1 heteroatoms. The van der Waals surface area contributed by atoms with E-state index in [2.05, 4.69) is 19.2 Å². The predicted molar refractivity (Wildman–Crippen MR) is 34.9 cm³/mol. The molecule has 0 aliphatic carbocycles. The maximum absolute atomic E-state index is 4.46. The lowest BCUT2D eigenvalue weighted by Crippen LogP contribution is -2.36. The Morgan fingerprint density at radius 2 is 2.00 bits per heavy atom. The van der Waals surface area contributed by atoms with Crippen LogP contribution in [0.4, 0.5) is 0 Å². The Morgan fingerprint density at radius 1 is 1.25 bits per heavy atom. The third-order valence-corrected chi connectivity index (χ3v) is 1.74. The van der Waals surface area contributed by atoms with Crippen LogP contribution in [0.25, 0.3) is 0 Å². The lowest BCUT2D eigenvalue weighted by Gasteiger charge is -2.28. The Labute approximate surface area is 51.5 Å². The van der Waals surface area contributed by atoms with Gasteiger partial charge in [-0.25, -0.2) is 5.32 Å². The summed E-state index contributed by atoms with van der Waals surface area (Å²) in [7, 11) is 0. The monoisotopic (exact) mass is 112 g/mol. The maximum Gasteiger partial charge on any atom is 0.0300 e. The highest BCUT2D eigenvalue weighted by Crippen LogP contribution is 2.18. The summed E-state index contributed by atoms with van der Waals surface area (Å²) < 4.78 is 0. The van der Waals surface area contributed by atoms with Gasteiger partial charge in [-0.3, -0.25) is 0 Å². The first-order valence-electron chi connectivity index (χ1n) is 3.39. The third kappa shape index (κ3) is 1.48. The zero-order chi connectivity index (χ0) is 6.04. The Kier molecular flexibility index (Phi) is 1.57. The summed E-state index contributed by atoms with van der Waals surface area (Å²) >= 11 is 0. The summed E-state index contributed by atoms with van der Waals surface area (Å²) in [4.78, 5) is 0. The van der Waals surface area contributed by atoms with Gasteiger partial charge in [0.1, 0.15) is 0 Å². The molecule has 1 heterocycles. The van der Waals surface area contributed by atoms with Gasteiger partial charge in [0, 0.05) is 12.1 Å². The van der Waals surface area contributed by atoms with Crippen molar-refractivity contribution in [3.05, 3.63) is 0 Å². The number of rotatable bonds is 0. The highest BCUT2D eigenvalue weighted by Gasteiger charge is 2.20. The fourth-order valence-corrected chi connectivity index (χ4v) is 1.13. The van der Waals surface area contributed by atoms with Crippen molar-refractivity contribution in [1.29, 1.82) is 0 Å². The van der Waals surface area contributed by atoms with E-state index in [4.69, 9.17) is 0 Å². The van der Waals surface area contributed by atoms with Crippen LogP contribution >= 0.6 is 0 Å². The van der Waals surface area contributed by atoms with Crippen LogP contribution in [-0.2, 0) is 0 Å². The van der Waals surface area contributed by atoms with Gasteiger partial charge in [-0.2, -0.15) is 0 Å². The van der Waals surface area contributed by atoms with Gasteiger partial charge in [0.25, 0.3) is 0 Å². The van der Waals surface area contributed by atoms with E-state index in [1.807, 2.05) is 0 Å². The first-order valence-corrected chi connectivity index (χ1v) is 3.39. The molecule has 0 unspecified atom stereocenters. The molecule has 0 aromatic rings. The zero-order valence-corrected chi connectivity index (χ0v) is 5.78. The molecule has 1 nitrogen and oxygen atoms in total. The van der Waals surface area contributed by atoms with Crippen molar-refractivity contribution in [2.24, 2.45) is 0 Å². The summed E-state index contributed by atoms with van der Waals surface area (Å²) in [6.07, 6.45) is 3.97. The second kappa shape index (κ2) is 2.06. The molecule has 1 saturated heterocycles. The standard InChI is InChI=1S/C7H14N/c1-7(2)5-3-4-6-8-7/h3-6H2,1-2H3. The molecular weight excluding hydrogens is 98.1 g/mol. The van der Waals surface area contributed by atoms with Crippen molar-refractivity contribution >= 4 is 0 Å². The molecule has 0 amide bonds. The number of hydrogen-bond acceptors (Lipinski definition) is 0. The van der Waals surface area contributed by atoms with E-state index >= 15 is 0 Å². The van der Waals surface area contributed by atoms with Gasteiger partial charge < -0.3 is 0 Å². The fraction of sp³-hybridized carbons (Fsp3) is 1.00. The summed E-state index contributed by atoms with van der Waals surface area (Å²) in [6, 6.07) is 0. The normalized spacial score (nSPS) is 27.8. The van der Waals surface area contributed by atoms with E-state index in [0.29, 0.717) is 5.54 Å². The fourth-order valence-electron chi connectivity index (χ4n) is 1.13. The van der Waals surface area contributed by atoms with Crippen LogP contribution in [-0.4, -0.2) is 12.1 Å². The molecule has 47 valence electrons. The van der Waals surface area contributed by atoms with Gasteiger partial charge in [-0.15, -0.1) is 0 Å². The SMILES string of the molecule is CC1(C)CCCC[N]1. The minimum atomic E-state index is 0.304. The maximum atomic E-state index is 4.46. The van der Waals surface area contributed by atoms with Gasteiger partial charge in [-0.1, -0.05) is 6.42 Å². The molecule has 0 aromatic heterocycles. The number of nitrogens with zero attached hydrogens (tertiary/aromatic N) is 1. The summed E-state index contributed by atoms with van der Waals surface area (Å²) in [5.74, 6) is 0. The average molecular weight is 112 g/mol. The molecule has 0 atom stereocenters. The molecule has 8 heavy (non-hydrogen) atoms. The lowest BCUT2D eigenvalue weighted by atomic mass is 9.93. The quantitative estimate of drug-likeness (QED) is 0.451. The van der Waals surface area contributed by atoms with Crippen LogP contribution in [0.5, 0.6) is 0 Å². The number of hydrogen-bond donors (Lipinski definition) is 0. The molecule has 1 aliphatic rings. The second-order valence-corrected chi connectivity index (χ2v) is 3.15. The van der Waals surface area contributed by atoms with Crippen molar-refractivity contribution < 1.29 is 0 Å².